The molecule has 6 nitrogen and oxygen atoms in total. The molecule has 0 saturated heterocycles. The van der Waals surface area contributed by atoms with E-state index in [4.69, 9.17) is 0 Å². The summed E-state index contributed by atoms with van der Waals surface area (Å²) in [4.78, 5) is 19.7. The van der Waals surface area contributed by atoms with E-state index in [0.29, 0.717) is 17.9 Å². The molecule has 0 aliphatic rings. The van der Waals surface area contributed by atoms with Crippen LogP contribution in [0, 0.1) is 11.6 Å². The Labute approximate surface area is 131 Å². The van der Waals surface area contributed by atoms with Crippen LogP contribution in [0.1, 0.15) is 24.4 Å². The molecule has 0 aliphatic heterocycles. The highest BCUT2D eigenvalue weighted by atomic mass is 19.1. The fraction of sp³-hybridized carbons (Fsp3) is 0.267. The number of hydrogen-bond acceptors (Lipinski definition) is 4. The van der Waals surface area contributed by atoms with E-state index in [1.54, 1.807) is 0 Å². The summed E-state index contributed by atoms with van der Waals surface area (Å²) in [6.07, 6.45) is 2.06. The van der Waals surface area contributed by atoms with Crippen molar-refractivity contribution in [2.24, 2.45) is 0 Å². The minimum absolute atomic E-state index is 0.350. The van der Waals surface area contributed by atoms with E-state index < -0.39 is 29.3 Å². The number of aliphatic hydroxyl groups is 1. The lowest BCUT2D eigenvalue weighted by Crippen LogP contribution is -2.33. The van der Waals surface area contributed by atoms with Crippen molar-refractivity contribution in [3.05, 3.63) is 53.6 Å². The highest BCUT2D eigenvalue weighted by Crippen LogP contribution is 2.19. The summed E-state index contributed by atoms with van der Waals surface area (Å²) in [6.45, 7) is 1.55. The number of rotatable bonds is 5. The summed E-state index contributed by atoms with van der Waals surface area (Å²) in [5.74, 6) is -1.10. The van der Waals surface area contributed by atoms with Gasteiger partial charge in [-0.3, -0.25) is 0 Å². The molecule has 0 radical (unpaired) electrons. The predicted molar refractivity (Wildman–Crippen MR) is 79.7 cm³/mol. The molecule has 122 valence electrons. The number of aliphatic hydroxyl groups excluding tert-OH is 1. The number of aryl methyl sites for hydroxylation is 1. The third-order valence-corrected chi connectivity index (χ3v) is 3.07. The van der Waals surface area contributed by atoms with Gasteiger partial charge in [0.05, 0.1) is 23.6 Å². The van der Waals surface area contributed by atoms with E-state index >= 15 is 0 Å². The number of nitrogens with one attached hydrogen (secondary N) is 2. The lowest BCUT2D eigenvalue weighted by atomic mass is 10.1. The molecular formula is C15H16F2N4O2. The van der Waals surface area contributed by atoms with Crippen LogP contribution in [-0.2, 0) is 6.42 Å². The monoisotopic (exact) mass is 322 g/mol. The first kappa shape index (κ1) is 16.8. The Hall–Kier alpha value is -2.61. The number of amides is 2. The topological polar surface area (TPSA) is 87.1 Å². The number of carbonyl (C=O) groups is 1. The van der Waals surface area contributed by atoms with Gasteiger partial charge in [-0.25, -0.2) is 23.5 Å². The molecule has 2 amide bonds. The van der Waals surface area contributed by atoms with Gasteiger partial charge in [-0.1, -0.05) is 13.0 Å². The Kier molecular flexibility index (Phi) is 5.53. The van der Waals surface area contributed by atoms with Gasteiger partial charge in [0.25, 0.3) is 0 Å². The summed E-state index contributed by atoms with van der Waals surface area (Å²) < 4.78 is 27.0. The Balaban J connectivity index is 1.90. The molecule has 2 rings (SSSR count). The number of anilines is 1. The average Bonchev–Trinajstić information content (AvgIpc) is 2.53. The Bertz CT molecular complexity index is 659. The molecule has 1 heterocycles. The third kappa shape index (κ3) is 4.43. The number of benzene rings is 1. The summed E-state index contributed by atoms with van der Waals surface area (Å²) in [7, 11) is 0. The Morgan fingerprint density at radius 2 is 1.87 bits per heavy atom. The van der Waals surface area contributed by atoms with Crippen molar-refractivity contribution in [1.82, 2.24) is 15.3 Å². The van der Waals surface area contributed by atoms with Gasteiger partial charge in [0.15, 0.2) is 0 Å². The van der Waals surface area contributed by atoms with Crippen molar-refractivity contribution in [2.45, 2.75) is 19.4 Å². The van der Waals surface area contributed by atoms with Crippen molar-refractivity contribution < 1.29 is 18.7 Å². The van der Waals surface area contributed by atoms with Gasteiger partial charge in [0.1, 0.15) is 23.6 Å². The molecular weight excluding hydrogens is 306 g/mol. The van der Waals surface area contributed by atoms with Gasteiger partial charge in [-0.15, -0.1) is 0 Å². The number of carbonyl (C=O) groups excluding carboxylic acids is 1. The van der Waals surface area contributed by atoms with Crippen LogP contribution in [0.5, 0.6) is 0 Å². The first-order valence-corrected chi connectivity index (χ1v) is 6.99. The van der Waals surface area contributed by atoms with Crippen LogP contribution in [0.15, 0.2) is 30.6 Å². The number of aromatic nitrogens is 2. The molecule has 0 aliphatic carbocycles. The van der Waals surface area contributed by atoms with Crippen molar-refractivity contribution in [3.63, 3.8) is 0 Å². The van der Waals surface area contributed by atoms with Crippen LogP contribution in [-0.4, -0.2) is 27.7 Å². The highest BCUT2D eigenvalue weighted by molar-refractivity contribution is 5.88. The van der Waals surface area contributed by atoms with Crippen LogP contribution in [0.2, 0.25) is 0 Å². The standard InChI is InChI=1S/C15H16F2N4O2/c1-2-13-18-6-9(7-19-13)21-15(23)20-8-12(22)14-10(16)4-3-5-11(14)17/h3-7,12,22H,2,8H2,1H3,(H2,20,21,23). The maximum absolute atomic E-state index is 13.5. The van der Waals surface area contributed by atoms with E-state index in [0.717, 1.165) is 12.1 Å². The van der Waals surface area contributed by atoms with Crippen molar-refractivity contribution in [1.29, 1.82) is 0 Å². The molecule has 1 unspecified atom stereocenters. The molecule has 0 spiro atoms. The molecule has 1 atom stereocenters. The lowest BCUT2D eigenvalue weighted by Gasteiger charge is -2.14. The van der Waals surface area contributed by atoms with Crippen molar-refractivity contribution in [2.75, 3.05) is 11.9 Å². The van der Waals surface area contributed by atoms with Crippen LogP contribution in [0.4, 0.5) is 19.3 Å². The van der Waals surface area contributed by atoms with Gasteiger partial charge < -0.3 is 15.7 Å². The van der Waals surface area contributed by atoms with Crippen molar-refractivity contribution >= 4 is 11.7 Å². The molecule has 1 aromatic heterocycles. The molecule has 0 bridgehead atoms. The molecule has 23 heavy (non-hydrogen) atoms. The smallest absolute Gasteiger partial charge is 0.319 e. The second-order valence-electron chi connectivity index (χ2n) is 4.73. The molecule has 1 aromatic carbocycles. The van der Waals surface area contributed by atoms with Gasteiger partial charge >= 0.3 is 6.03 Å². The number of nitrogens with zero attached hydrogens (tertiary/aromatic N) is 2. The molecule has 3 N–H and O–H groups in total. The Morgan fingerprint density at radius 1 is 1.26 bits per heavy atom. The SMILES string of the molecule is CCc1ncc(NC(=O)NCC(O)c2c(F)cccc2F)cn1. The maximum Gasteiger partial charge on any atom is 0.319 e. The minimum atomic E-state index is -1.50. The van der Waals surface area contributed by atoms with Gasteiger partial charge in [-0.2, -0.15) is 0 Å². The first-order chi connectivity index (χ1) is 11.0. The number of urea groups is 1. The summed E-state index contributed by atoms with van der Waals surface area (Å²) >= 11 is 0. The summed E-state index contributed by atoms with van der Waals surface area (Å²) in [5, 5.41) is 14.6. The van der Waals surface area contributed by atoms with Crippen LogP contribution >= 0.6 is 0 Å². The lowest BCUT2D eigenvalue weighted by molar-refractivity contribution is 0.166. The fourth-order valence-corrected chi connectivity index (χ4v) is 1.90. The van der Waals surface area contributed by atoms with Gasteiger partial charge in [-0.05, 0) is 12.1 Å². The number of halogens is 2. The van der Waals surface area contributed by atoms with E-state index in [1.165, 1.54) is 18.5 Å². The predicted octanol–water partition coefficient (Wildman–Crippen LogP) is 2.17. The minimum Gasteiger partial charge on any atom is -0.386 e. The molecule has 2 aromatic rings. The third-order valence-electron chi connectivity index (χ3n) is 3.07. The van der Waals surface area contributed by atoms with Crippen LogP contribution in [0.25, 0.3) is 0 Å². The van der Waals surface area contributed by atoms with Crippen molar-refractivity contribution in [3.8, 4) is 0 Å². The zero-order valence-electron chi connectivity index (χ0n) is 12.4. The van der Waals surface area contributed by atoms with E-state index in [1.807, 2.05) is 6.92 Å². The normalized spacial score (nSPS) is 11.8. The van der Waals surface area contributed by atoms with E-state index in [2.05, 4.69) is 20.6 Å². The van der Waals surface area contributed by atoms with E-state index in [9.17, 15) is 18.7 Å². The largest absolute Gasteiger partial charge is 0.386 e. The molecule has 0 fully saturated rings. The maximum atomic E-state index is 13.5. The first-order valence-electron chi connectivity index (χ1n) is 6.99. The molecule has 8 heteroatoms. The number of hydrogen-bond donors (Lipinski definition) is 3. The van der Waals surface area contributed by atoms with Gasteiger partial charge in [0.2, 0.25) is 0 Å². The van der Waals surface area contributed by atoms with Gasteiger partial charge in [0, 0.05) is 13.0 Å². The quantitative estimate of drug-likeness (QED) is 0.787. The Morgan fingerprint density at radius 3 is 2.43 bits per heavy atom. The average molecular weight is 322 g/mol. The van der Waals surface area contributed by atoms with Crippen LogP contribution < -0.4 is 10.6 Å². The van der Waals surface area contributed by atoms with Crippen LogP contribution in [0.3, 0.4) is 0 Å². The zero-order valence-corrected chi connectivity index (χ0v) is 12.4. The second kappa shape index (κ2) is 7.59. The summed E-state index contributed by atoms with van der Waals surface area (Å²) in [5.41, 5.74) is -0.116. The summed E-state index contributed by atoms with van der Waals surface area (Å²) in [6, 6.07) is 2.62. The zero-order chi connectivity index (χ0) is 16.8. The highest BCUT2D eigenvalue weighted by Gasteiger charge is 2.18. The molecule has 0 saturated carbocycles. The second-order valence-corrected chi connectivity index (χ2v) is 4.73. The fourth-order valence-electron chi connectivity index (χ4n) is 1.90. The van der Waals surface area contributed by atoms with E-state index in [-0.39, 0.29) is 6.54 Å².